The van der Waals surface area contributed by atoms with Gasteiger partial charge in [-0.1, -0.05) is 43.0 Å². The number of carbonyl (C=O) groups is 2. The predicted octanol–water partition coefficient (Wildman–Crippen LogP) is 2.15. The molecule has 1 atom stereocenters. The molecule has 118 valence electrons. The van der Waals surface area contributed by atoms with Crippen LogP contribution < -0.4 is 5.32 Å². The van der Waals surface area contributed by atoms with E-state index in [-0.39, 0.29) is 19.4 Å². The maximum atomic E-state index is 11.7. The first-order valence-electron chi connectivity index (χ1n) is 7.09. The van der Waals surface area contributed by atoms with E-state index in [0.717, 1.165) is 5.56 Å². The van der Waals surface area contributed by atoms with E-state index in [2.05, 4.69) is 11.9 Å². The zero-order chi connectivity index (χ0) is 15.8. The number of nitrogens with one attached hydrogen (secondary N) is 1. The van der Waals surface area contributed by atoms with Crippen LogP contribution in [0.4, 0.5) is 4.79 Å². The fourth-order valence-electron chi connectivity index (χ4n) is 2.08. The number of hydrogen-bond acceptors (Lipinski definition) is 5. The largest absolute Gasteiger partial charge is 0.445 e. The van der Waals surface area contributed by atoms with E-state index < -0.39 is 18.0 Å². The van der Waals surface area contributed by atoms with Crippen LogP contribution >= 0.6 is 0 Å². The minimum atomic E-state index is -1.44. The SMILES string of the molecule is C=CCOC(=O)NC1(OCCc2ccccc2)CCC(=O)O1. The highest BCUT2D eigenvalue weighted by Crippen LogP contribution is 2.25. The number of alkyl carbamates (subject to hydrolysis) is 1. The normalized spacial score (nSPS) is 20.3. The van der Waals surface area contributed by atoms with Gasteiger partial charge in [0, 0.05) is 6.42 Å². The van der Waals surface area contributed by atoms with Crippen LogP contribution in [-0.4, -0.2) is 31.2 Å². The van der Waals surface area contributed by atoms with Crippen molar-refractivity contribution >= 4 is 12.1 Å². The molecule has 0 bridgehead atoms. The number of rotatable bonds is 7. The lowest BCUT2D eigenvalue weighted by atomic mass is 10.2. The van der Waals surface area contributed by atoms with Crippen molar-refractivity contribution in [3.63, 3.8) is 0 Å². The van der Waals surface area contributed by atoms with Crippen LogP contribution in [0.3, 0.4) is 0 Å². The summed E-state index contributed by atoms with van der Waals surface area (Å²) in [4.78, 5) is 23.0. The lowest BCUT2D eigenvalue weighted by molar-refractivity contribution is -0.222. The molecule has 6 heteroatoms. The molecule has 1 N–H and O–H groups in total. The van der Waals surface area contributed by atoms with Crippen molar-refractivity contribution in [3.8, 4) is 0 Å². The summed E-state index contributed by atoms with van der Waals surface area (Å²) < 4.78 is 15.6. The second kappa shape index (κ2) is 7.61. The zero-order valence-corrected chi connectivity index (χ0v) is 12.2. The third kappa shape index (κ3) is 4.60. The second-order valence-corrected chi connectivity index (χ2v) is 4.82. The predicted molar refractivity (Wildman–Crippen MR) is 78.8 cm³/mol. The van der Waals surface area contributed by atoms with E-state index in [4.69, 9.17) is 14.2 Å². The van der Waals surface area contributed by atoms with Gasteiger partial charge in [0.2, 0.25) is 0 Å². The highest BCUT2D eigenvalue weighted by atomic mass is 16.7. The summed E-state index contributed by atoms with van der Waals surface area (Å²) in [6.45, 7) is 3.83. The molecule has 22 heavy (non-hydrogen) atoms. The Labute approximate surface area is 129 Å². The Morgan fingerprint density at radius 2 is 2.18 bits per heavy atom. The van der Waals surface area contributed by atoms with Crippen LogP contribution in [0, 0.1) is 0 Å². The highest BCUT2D eigenvalue weighted by molar-refractivity contribution is 5.74. The van der Waals surface area contributed by atoms with Crippen molar-refractivity contribution in [2.75, 3.05) is 13.2 Å². The maximum Gasteiger partial charge on any atom is 0.412 e. The average Bonchev–Trinajstić information content (AvgIpc) is 2.87. The van der Waals surface area contributed by atoms with Gasteiger partial charge in [0.05, 0.1) is 13.0 Å². The van der Waals surface area contributed by atoms with E-state index >= 15 is 0 Å². The Morgan fingerprint density at radius 3 is 2.82 bits per heavy atom. The molecule has 0 saturated carbocycles. The molecule has 0 aromatic heterocycles. The molecule has 1 heterocycles. The molecule has 1 saturated heterocycles. The van der Waals surface area contributed by atoms with Crippen molar-refractivity contribution in [3.05, 3.63) is 48.6 Å². The molecule has 0 radical (unpaired) electrons. The molecule has 0 spiro atoms. The number of esters is 1. The van der Waals surface area contributed by atoms with Gasteiger partial charge in [0.1, 0.15) is 6.61 Å². The molecule has 2 rings (SSSR count). The molecule has 1 aliphatic rings. The summed E-state index contributed by atoms with van der Waals surface area (Å²) in [5, 5.41) is 2.47. The minimum Gasteiger partial charge on any atom is -0.445 e. The molecule has 1 amide bonds. The van der Waals surface area contributed by atoms with Gasteiger partial charge in [0.15, 0.2) is 0 Å². The average molecular weight is 305 g/mol. The van der Waals surface area contributed by atoms with Gasteiger partial charge >= 0.3 is 12.1 Å². The topological polar surface area (TPSA) is 73.9 Å². The van der Waals surface area contributed by atoms with Crippen LogP contribution in [0.1, 0.15) is 18.4 Å². The van der Waals surface area contributed by atoms with Crippen molar-refractivity contribution in [2.45, 2.75) is 25.2 Å². The van der Waals surface area contributed by atoms with E-state index in [9.17, 15) is 9.59 Å². The second-order valence-electron chi connectivity index (χ2n) is 4.82. The van der Waals surface area contributed by atoms with Gasteiger partial charge < -0.3 is 14.2 Å². The Balaban J connectivity index is 1.90. The first kappa shape index (κ1) is 16.0. The van der Waals surface area contributed by atoms with Gasteiger partial charge in [-0.25, -0.2) is 4.79 Å². The summed E-state index contributed by atoms with van der Waals surface area (Å²) in [7, 11) is 0. The Kier molecular flexibility index (Phi) is 5.55. The smallest absolute Gasteiger partial charge is 0.412 e. The Bertz CT molecular complexity index is 531. The van der Waals surface area contributed by atoms with Crippen LogP contribution in [-0.2, 0) is 25.4 Å². The molecule has 1 aromatic carbocycles. The van der Waals surface area contributed by atoms with Crippen molar-refractivity contribution < 1.29 is 23.8 Å². The summed E-state index contributed by atoms with van der Waals surface area (Å²) >= 11 is 0. The van der Waals surface area contributed by atoms with E-state index in [1.54, 1.807) is 0 Å². The lowest BCUT2D eigenvalue weighted by Gasteiger charge is -2.27. The molecule has 6 nitrogen and oxygen atoms in total. The summed E-state index contributed by atoms with van der Waals surface area (Å²) in [6.07, 6.45) is 1.82. The Morgan fingerprint density at radius 1 is 1.41 bits per heavy atom. The number of carbonyl (C=O) groups excluding carboxylic acids is 2. The molecule has 1 aliphatic heterocycles. The summed E-state index contributed by atoms with van der Waals surface area (Å²) in [5.74, 6) is -1.85. The molecular formula is C16H19NO5. The zero-order valence-electron chi connectivity index (χ0n) is 12.2. The van der Waals surface area contributed by atoms with Crippen molar-refractivity contribution in [1.82, 2.24) is 5.32 Å². The summed E-state index contributed by atoms with van der Waals surface area (Å²) in [5.41, 5.74) is 1.09. The number of hydrogen-bond donors (Lipinski definition) is 1. The van der Waals surface area contributed by atoms with Crippen LogP contribution in [0.15, 0.2) is 43.0 Å². The van der Waals surface area contributed by atoms with E-state index in [0.29, 0.717) is 13.0 Å². The number of ether oxygens (including phenoxy) is 3. The molecule has 1 aromatic rings. The first-order valence-corrected chi connectivity index (χ1v) is 7.09. The molecule has 1 fully saturated rings. The van der Waals surface area contributed by atoms with Crippen LogP contribution in [0.5, 0.6) is 0 Å². The monoisotopic (exact) mass is 305 g/mol. The fraction of sp³-hybridized carbons (Fsp3) is 0.375. The van der Waals surface area contributed by atoms with Crippen molar-refractivity contribution in [1.29, 1.82) is 0 Å². The first-order chi connectivity index (χ1) is 10.6. The van der Waals surface area contributed by atoms with E-state index in [1.165, 1.54) is 6.08 Å². The van der Waals surface area contributed by atoms with Gasteiger partial charge in [-0.2, -0.15) is 0 Å². The van der Waals surface area contributed by atoms with Crippen LogP contribution in [0.25, 0.3) is 0 Å². The van der Waals surface area contributed by atoms with Gasteiger partial charge in [-0.3, -0.25) is 10.1 Å². The number of benzene rings is 1. The number of amides is 1. The number of cyclic esters (lactones) is 1. The lowest BCUT2D eigenvalue weighted by Crippen LogP contribution is -2.51. The summed E-state index contributed by atoms with van der Waals surface area (Å²) in [6, 6.07) is 9.75. The van der Waals surface area contributed by atoms with Crippen molar-refractivity contribution in [2.24, 2.45) is 0 Å². The Hall–Kier alpha value is -2.34. The standard InChI is InChI=1S/C16H19NO5/c1-2-11-20-15(19)17-16(10-8-14(18)22-16)21-12-9-13-6-4-3-5-7-13/h2-7H,1,8-12H2,(H,17,19). The fourth-order valence-corrected chi connectivity index (χ4v) is 2.08. The minimum absolute atomic E-state index is 0.0693. The molecule has 1 unspecified atom stereocenters. The molecular weight excluding hydrogens is 286 g/mol. The maximum absolute atomic E-state index is 11.7. The third-order valence-corrected chi connectivity index (χ3v) is 3.13. The quantitative estimate of drug-likeness (QED) is 0.474. The third-order valence-electron chi connectivity index (χ3n) is 3.13. The van der Waals surface area contributed by atoms with Gasteiger partial charge in [0.25, 0.3) is 5.91 Å². The highest BCUT2D eigenvalue weighted by Gasteiger charge is 2.43. The molecule has 0 aliphatic carbocycles. The van der Waals surface area contributed by atoms with Crippen LogP contribution in [0.2, 0.25) is 0 Å². The van der Waals surface area contributed by atoms with Gasteiger partial charge in [-0.15, -0.1) is 0 Å². The van der Waals surface area contributed by atoms with E-state index in [1.807, 2.05) is 30.3 Å². The van der Waals surface area contributed by atoms with Gasteiger partial charge in [-0.05, 0) is 12.0 Å².